The van der Waals surface area contributed by atoms with Gasteiger partial charge >= 0.3 is 0 Å². The first-order valence-electron chi connectivity index (χ1n) is 4.82. The van der Waals surface area contributed by atoms with Crippen molar-refractivity contribution in [2.24, 2.45) is 0 Å². The van der Waals surface area contributed by atoms with Gasteiger partial charge in [-0.2, -0.15) is 5.26 Å². The number of nitriles is 1. The van der Waals surface area contributed by atoms with E-state index in [0.717, 1.165) is 5.56 Å². The lowest BCUT2D eigenvalue weighted by Gasteiger charge is -1.98. The lowest BCUT2D eigenvalue weighted by Crippen LogP contribution is -1.80. The molecule has 1 aromatic heterocycles. The molecule has 0 N–H and O–H groups in total. The number of benzene rings is 1. The molecule has 0 saturated carbocycles. The first-order chi connectivity index (χ1) is 8.19. The predicted octanol–water partition coefficient (Wildman–Crippen LogP) is 4.76. The number of halogens is 2. The highest BCUT2D eigenvalue weighted by Gasteiger charge is 2.03. The molecule has 2 nitrogen and oxygen atoms in total. The van der Waals surface area contributed by atoms with Crippen LogP contribution in [0.4, 0.5) is 0 Å². The molecular weight excluding hydrogens is 302 g/mol. The van der Waals surface area contributed by atoms with Crippen molar-refractivity contribution < 1.29 is 4.42 Å². The minimum Gasteiger partial charge on any atom is -0.450 e. The topological polar surface area (TPSA) is 36.9 Å². The molecule has 0 fully saturated rings. The maximum absolute atomic E-state index is 9.12. The van der Waals surface area contributed by atoms with Crippen molar-refractivity contribution in [3.05, 3.63) is 57.4 Å². The fraction of sp³-hybridized carbons (Fsp3) is 0. The average Bonchev–Trinajstić information content (AvgIpc) is 2.72. The van der Waals surface area contributed by atoms with Gasteiger partial charge in [0.05, 0.1) is 11.6 Å². The molecule has 0 radical (unpaired) electrons. The molecule has 84 valence electrons. The van der Waals surface area contributed by atoms with E-state index in [1.165, 1.54) is 0 Å². The summed E-state index contributed by atoms with van der Waals surface area (Å²) < 4.78 is 5.96. The van der Waals surface area contributed by atoms with Gasteiger partial charge in [0.2, 0.25) is 0 Å². The smallest absolute Gasteiger partial charge is 0.169 e. The van der Waals surface area contributed by atoms with E-state index in [4.69, 9.17) is 21.3 Å². The van der Waals surface area contributed by atoms with Gasteiger partial charge in [-0.05, 0) is 51.8 Å². The fourth-order valence-electron chi connectivity index (χ4n) is 1.38. The number of nitrogens with zero attached hydrogens (tertiary/aromatic N) is 1. The number of furan rings is 1. The molecule has 0 unspecified atom stereocenters. The molecule has 0 saturated heterocycles. The molecule has 0 amide bonds. The van der Waals surface area contributed by atoms with Gasteiger partial charge in [0, 0.05) is 5.02 Å². The van der Waals surface area contributed by atoms with E-state index in [9.17, 15) is 0 Å². The van der Waals surface area contributed by atoms with Gasteiger partial charge in [-0.1, -0.05) is 23.7 Å². The number of hydrogen-bond donors (Lipinski definition) is 0. The van der Waals surface area contributed by atoms with E-state index in [1.54, 1.807) is 36.4 Å². The van der Waals surface area contributed by atoms with Crippen LogP contribution in [0.2, 0.25) is 5.02 Å². The van der Waals surface area contributed by atoms with Crippen LogP contribution in [0.3, 0.4) is 0 Å². The minimum atomic E-state index is 0.509. The molecule has 0 bridgehead atoms. The monoisotopic (exact) mass is 307 g/mol. The Labute approximate surface area is 112 Å². The number of hydrogen-bond acceptors (Lipinski definition) is 2. The van der Waals surface area contributed by atoms with Crippen molar-refractivity contribution in [1.82, 2.24) is 0 Å². The van der Waals surface area contributed by atoms with Crippen LogP contribution in [0.1, 0.15) is 11.3 Å². The van der Waals surface area contributed by atoms with Crippen molar-refractivity contribution in [2.75, 3.05) is 0 Å². The second kappa shape index (κ2) is 5.22. The Kier molecular flexibility index (Phi) is 3.68. The van der Waals surface area contributed by atoms with E-state index >= 15 is 0 Å². The van der Waals surface area contributed by atoms with Gasteiger partial charge in [0.15, 0.2) is 4.67 Å². The van der Waals surface area contributed by atoms with Crippen LogP contribution in [0, 0.1) is 11.3 Å². The molecule has 0 aliphatic carbocycles. The van der Waals surface area contributed by atoms with Crippen LogP contribution in [-0.2, 0) is 0 Å². The number of rotatable bonds is 2. The summed E-state index contributed by atoms with van der Waals surface area (Å²) in [7, 11) is 0. The third kappa shape index (κ3) is 3.00. The van der Waals surface area contributed by atoms with Crippen LogP contribution in [0.5, 0.6) is 0 Å². The van der Waals surface area contributed by atoms with Gasteiger partial charge < -0.3 is 4.42 Å². The third-order valence-electron chi connectivity index (χ3n) is 2.14. The molecule has 2 aromatic rings. The normalized spacial score (nSPS) is 11.2. The second-order valence-corrected chi connectivity index (χ2v) is 4.54. The average molecular weight is 309 g/mol. The summed E-state index contributed by atoms with van der Waals surface area (Å²) >= 11 is 9.10. The van der Waals surface area contributed by atoms with E-state index in [0.29, 0.717) is 21.0 Å². The van der Waals surface area contributed by atoms with Gasteiger partial charge in [-0.3, -0.25) is 0 Å². The van der Waals surface area contributed by atoms with E-state index < -0.39 is 0 Å². The Hall–Kier alpha value is -1.50. The van der Waals surface area contributed by atoms with Crippen molar-refractivity contribution >= 4 is 39.2 Å². The van der Waals surface area contributed by atoms with Crippen molar-refractivity contribution in [2.45, 2.75) is 0 Å². The van der Waals surface area contributed by atoms with E-state index in [-0.39, 0.29) is 0 Å². The van der Waals surface area contributed by atoms with Gasteiger partial charge in [-0.15, -0.1) is 0 Å². The summed E-state index contributed by atoms with van der Waals surface area (Å²) in [5.41, 5.74) is 1.28. The summed E-state index contributed by atoms with van der Waals surface area (Å²) in [4.78, 5) is 0. The summed E-state index contributed by atoms with van der Waals surface area (Å²) in [6.07, 6.45) is 1.68. The zero-order chi connectivity index (χ0) is 12.3. The highest BCUT2D eigenvalue weighted by Crippen LogP contribution is 2.23. The Morgan fingerprint density at radius 1 is 1.35 bits per heavy atom. The zero-order valence-electron chi connectivity index (χ0n) is 8.65. The first kappa shape index (κ1) is 12.0. The maximum Gasteiger partial charge on any atom is 0.169 e. The highest BCUT2D eigenvalue weighted by molar-refractivity contribution is 9.10. The molecule has 0 atom stereocenters. The third-order valence-corrected chi connectivity index (χ3v) is 2.80. The Bertz CT molecular complexity index is 610. The number of allylic oxidation sites excluding steroid dienone is 1. The Morgan fingerprint density at radius 3 is 2.76 bits per heavy atom. The molecule has 17 heavy (non-hydrogen) atoms. The minimum absolute atomic E-state index is 0.509. The van der Waals surface area contributed by atoms with Crippen LogP contribution in [0.15, 0.2) is 45.5 Å². The quantitative estimate of drug-likeness (QED) is 0.750. The fourth-order valence-corrected chi connectivity index (χ4v) is 1.89. The van der Waals surface area contributed by atoms with Crippen LogP contribution in [-0.4, -0.2) is 0 Å². The van der Waals surface area contributed by atoms with E-state index in [1.807, 2.05) is 6.07 Å². The van der Waals surface area contributed by atoms with Crippen molar-refractivity contribution in [3.8, 4) is 6.07 Å². The van der Waals surface area contributed by atoms with Crippen LogP contribution < -0.4 is 0 Å². The van der Waals surface area contributed by atoms with Crippen LogP contribution in [0.25, 0.3) is 11.6 Å². The standard InChI is InChI=1S/C13H7BrClNO/c14-13-5-4-12(17-13)7-10(8-16)9-2-1-3-11(15)6-9/h1-7H/b10-7-. The molecule has 4 heteroatoms. The molecule has 1 heterocycles. The first-order valence-corrected chi connectivity index (χ1v) is 5.99. The largest absolute Gasteiger partial charge is 0.450 e. The lowest BCUT2D eigenvalue weighted by atomic mass is 10.1. The molecule has 1 aromatic carbocycles. The summed E-state index contributed by atoms with van der Waals surface area (Å²) in [6.45, 7) is 0. The van der Waals surface area contributed by atoms with Crippen LogP contribution >= 0.6 is 27.5 Å². The summed E-state index contributed by atoms with van der Waals surface area (Å²) in [6, 6.07) is 12.8. The predicted molar refractivity (Wildman–Crippen MR) is 71.3 cm³/mol. The van der Waals surface area contributed by atoms with Crippen molar-refractivity contribution in [3.63, 3.8) is 0 Å². The van der Waals surface area contributed by atoms with Gasteiger partial charge in [0.25, 0.3) is 0 Å². The highest BCUT2D eigenvalue weighted by atomic mass is 79.9. The summed E-state index contributed by atoms with van der Waals surface area (Å²) in [5.74, 6) is 0.619. The molecule has 2 rings (SSSR count). The SMILES string of the molecule is N#C/C(=C/c1ccc(Br)o1)c1cccc(Cl)c1. The van der Waals surface area contributed by atoms with Gasteiger partial charge in [0.1, 0.15) is 5.76 Å². The van der Waals surface area contributed by atoms with Crippen molar-refractivity contribution in [1.29, 1.82) is 5.26 Å². The lowest BCUT2D eigenvalue weighted by molar-refractivity contribution is 0.532. The molecule has 0 aliphatic heterocycles. The summed E-state index contributed by atoms with van der Waals surface area (Å²) in [5, 5.41) is 9.72. The maximum atomic E-state index is 9.12. The molecule has 0 aliphatic rings. The second-order valence-electron chi connectivity index (χ2n) is 3.32. The Morgan fingerprint density at radius 2 is 2.18 bits per heavy atom. The van der Waals surface area contributed by atoms with E-state index in [2.05, 4.69) is 22.0 Å². The molecular formula is C13H7BrClNO. The Balaban J connectivity index is 2.41. The molecule has 0 spiro atoms. The van der Waals surface area contributed by atoms with Gasteiger partial charge in [-0.25, -0.2) is 0 Å². The zero-order valence-corrected chi connectivity index (χ0v) is 11.0.